The Labute approximate surface area is 145 Å². The van der Waals surface area contributed by atoms with Gasteiger partial charge in [0, 0.05) is 5.02 Å². The fourth-order valence-electron chi connectivity index (χ4n) is 4.02. The first-order valence-corrected chi connectivity index (χ1v) is 10.5. The molecule has 1 saturated carbocycles. The summed E-state index contributed by atoms with van der Waals surface area (Å²) in [6.45, 7) is 2.29. The highest BCUT2D eigenvalue weighted by Crippen LogP contribution is 2.50. The Morgan fingerprint density at radius 3 is 2.30 bits per heavy atom. The van der Waals surface area contributed by atoms with Crippen LogP contribution in [-0.4, -0.2) is 18.7 Å². The maximum absolute atomic E-state index is 10.9. The van der Waals surface area contributed by atoms with E-state index >= 15 is 0 Å². The first-order valence-electron chi connectivity index (χ1n) is 8.53. The Morgan fingerprint density at radius 1 is 1.13 bits per heavy atom. The second kappa shape index (κ2) is 8.00. The van der Waals surface area contributed by atoms with E-state index in [1.807, 2.05) is 12.1 Å². The molecule has 0 aliphatic heterocycles. The average molecular weight is 359 g/mol. The molecule has 0 radical (unpaired) electrons. The molecule has 1 aliphatic carbocycles. The molecule has 1 N–H and O–H groups in total. The zero-order chi connectivity index (χ0) is 16.9. The van der Waals surface area contributed by atoms with Crippen molar-refractivity contribution in [2.45, 2.75) is 64.2 Å². The second-order valence-corrected chi connectivity index (χ2v) is 8.95. The van der Waals surface area contributed by atoms with Gasteiger partial charge in [-0.3, -0.25) is 4.55 Å². The van der Waals surface area contributed by atoms with Crippen LogP contribution < -0.4 is 0 Å². The largest absolute Gasteiger partial charge is 0.286 e. The van der Waals surface area contributed by atoms with Crippen LogP contribution in [0.25, 0.3) is 0 Å². The van der Waals surface area contributed by atoms with E-state index in [-0.39, 0.29) is 11.2 Å². The molecule has 1 aliphatic rings. The predicted molar refractivity (Wildman–Crippen MR) is 95.7 cm³/mol. The molecular weight excluding hydrogens is 332 g/mol. The lowest BCUT2D eigenvalue weighted by Gasteiger charge is -2.43. The van der Waals surface area contributed by atoms with Gasteiger partial charge in [0.05, 0.1) is 5.75 Å². The van der Waals surface area contributed by atoms with Gasteiger partial charge in [-0.25, -0.2) is 0 Å². The predicted octanol–water partition coefficient (Wildman–Crippen LogP) is 5.45. The maximum Gasteiger partial charge on any atom is 0.264 e. The highest BCUT2D eigenvalue weighted by atomic mass is 35.5. The van der Waals surface area contributed by atoms with Crippen LogP contribution in [0.3, 0.4) is 0 Å². The highest BCUT2D eigenvalue weighted by Gasteiger charge is 2.37. The lowest BCUT2D eigenvalue weighted by molar-refractivity contribution is 0.132. The van der Waals surface area contributed by atoms with Crippen LogP contribution >= 0.6 is 11.6 Å². The van der Waals surface area contributed by atoms with E-state index in [2.05, 4.69) is 19.1 Å². The van der Waals surface area contributed by atoms with Gasteiger partial charge in [0.2, 0.25) is 0 Å². The minimum absolute atomic E-state index is 0.127. The third-order valence-corrected chi connectivity index (χ3v) is 6.52. The van der Waals surface area contributed by atoms with Crippen molar-refractivity contribution in [3.63, 3.8) is 0 Å². The third kappa shape index (κ3) is 5.47. The zero-order valence-electron chi connectivity index (χ0n) is 13.8. The molecule has 1 fully saturated rings. The third-order valence-electron chi connectivity index (χ3n) is 5.46. The molecule has 0 amide bonds. The summed E-state index contributed by atoms with van der Waals surface area (Å²) in [5, 5.41) is 0.756. The summed E-state index contributed by atoms with van der Waals surface area (Å²) >= 11 is 6.00. The highest BCUT2D eigenvalue weighted by molar-refractivity contribution is 7.85. The van der Waals surface area contributed by atoms with Crippen LogP contribution in [-0.2, 0) is 10.1 Å². The van der Waals surface area contributed by atoms with E-state index < -0.39 is 10.1 Å². The number of unbranched alkanes of at least 4 members (excludes halogenated alkanes) is 1. The summed E-state index contributed by atoms with van der Waals surface area (Å²) in [6, 6.07) is 8.12. The van der Waals surface area contributed by atoms with E-state index in [0.717, 1.165) is 17.9 Å². The van der Waals surface area contributed by atoms with Crippen LogP contribution in [0.1, 0.15) is 69.8 Å². The Bertz CT molecular complexity index is 589. The van der Waals surface area contributed by atoms with Crippen molar-refractivity contribution in [2.75, 3.05) is 5.75 Å². The lowest BCUT2D eigenvalue weighted by Crippen LogP contribution is -2.30. The van der Waals surface area contributed by atoms with Gasteiger partial charge in [-0.1, -0.05) is 56.3 Å². The Hall–Kier alpha value is -0.580. The molecule has 0 bridgehead atoms. The van der Waals surface area contributed by atoms with Crippen LogP contribution in [0.15, 0.2) is 24.3 Å². The summed E-state index contributed by atoms with van der Waals surface area (Å²) < 4.78 is 30.7. The van der Waals surface area contributed by atoms with E-state index in [1.54, 1.807) is 0 Å². The fraction of sp³-hybridized carbons (Fsp3) is 0.667. The van der Waals surface area contributed by atoms with Crippen LogP contribution in [0.2, 0.25) is 5.02 Å². The van der Waals surface area contributed by atoms with Crippen molar-refractivity contribution in [3.8, 4) is 0 Å². The minimum atomic E-state index is -3.84. The number of hydrogen-bond acceptors (Lipinski definition) is 2. The van der Waals surface area contributed by atoms with E-state index in [0.29, 0.717) is 12.3 Å². The van der Waals surface area contributed by atoms with Crippen molar-refractivity contribution < 1.29 is 13.0 Å². The monoisotopic (exact) mass is 358 g/mol. The Balaban J connectivity index is 2.06. The minimum Gasteiger partial charge on any atom is -0.286 e. The van der Waals surface area contributed by atoms with Crippen molar-refractivity contribution in [3.05, 3.63) is 34.9 Å². The SMILES string of the molecule is CC(c1ccc(Cl)cc1)C1(CCCCS(=O)(=O)O)CCCCC1. The fourth-order valence-corrected chi connectivity index (χ4v) is 4.72. The normalized spacial score (nSPS) is 19.4. The molecule has 5 heteroatoms. The first-order chi connectivity index (χ1) is 10.8. The van der Waals surface area contributed by atoms with Crippen LogP contribution in [0.4, 0.5) is 0 Å². The standard InChI is InChI=1S/C18H27ClO3S/c1-15(16-7-9-17(19)10-8-16)18(11-3-2-4-12-18)13-5-6-14-23(20,21)22/h7-10,15H,2-6,11-14H2,1H3,(H,20,21,22). The number of hydrogen-bond donors (Lipinski definition) is 1. The smallest absolute Gasteiger partial charge is 0.264 e. The van der Waals surface area contributed by atoms with E-state index in [1.165, 1.54) is 37.7 Å². The molecule has 0 saturated heterocycles. The number of benzene rings is 1. The second-order valence-electron chi connectivity index (χ2n) is 6.94. The molecular formula is C18H27ClO3S. The molecule has 130 valence electrons. The van der Waals surface area contributed by atoms with Gasteiger partial charge < -0.3 is 0 Å². The summed E-state index contributed by atoms with van der Waals surface area (Å²) in [7, 11) is -3.84. The van der Waals surface area contributed by atoms with Gasteiger partial charge in [-0.2, -0.15) is 8.42 Å². The van der Waals surface area contributed by atoms with E-state index in [9.17, 15) is 8.42 Å². The molecule has 0 heterocycles. The summed E-state index contributed by atoms with van der Waals surface area (Å²) in [5.41, 5.74) is 1.55. The summed E-state index contributed by atoms with van der Waals surface area (Å²) in [5.74, 6) is 0.309. The van der Waals surface area contributed by atoms with Crippen molar-refractivity contribution in [1.82, 2.24) is 0 Å². The Kier molecular flexibility index (Phi) is 6.52. The van der Waals surface area contributed by atoms with Crippen molar-refractivity contribution in [2.24, 2.45) is 5.41 Å². The molecule has 1 atom stereocenters. The van der Waals surface area contributed by atoms with E-state index in [4.69, 9.17) is 16.2 Å². The van der Waals surface area contributed by atoms with Crippen molar-refractivity contribution in [1.29, 1.82) is 0 Å². The molecule has 23 heavy (non-hydrogen) atoms. The Morgan fingerprint density at radius 2 is 1.74 bits per heavy atom. The van der Waals surface area contributed by atoms with Gasteiger partial charge >= 0.3 is 0 Å². The first kappa shape index (κ1) is 18.8. The van der Waals surface area contributed by atoms with Gasteiger partial charge in [-0.15, -0.1) is 0 Å². The lowest BCUT2D eigenvalue weighted by atomic mass is 9.62. The van der Waals surface area contributed by atoms with Crippen molar-refractivity contribution >= 4 is 21.7 Å². The van der Waals surface area contributed by atoms with Gasteiger partial charge in [0.15, 0.2) is 0 Å². The quantitative estimate of drug-likeness (QED) is 0.520. The average Bonchev–Trinajstić information content (AvgIpc) is 2.52. The van der Waals surface area contributed by atoms with Crippen LogP contribution in [0.5, 0.6) is 0 Å². The maximum atomic E-state index is 10.9. The van der Waals surface area contributed by atoms with Gasteiger partial charge in [0.1, 0.15) is 0 Å². The number of halogens is 1. The molecule has 1 aromatic carbocycles. The van der Waals surface area contributed by atoms with Gasteiger partial charge in [-0.05, 0) is 54.7 Å². The zero-order valence-corrected chi connectivity index (χ0v) is 15.4. The van der Waals surface area contributed by atoms with Gasteiger partial charge in [0.25, 0.3) is 10.1 Å². The molecule has 1 aromatic rings. The topological polar surface area (TPSA) is 54.4 Å². The summed E-state index contributed by atoms with van der Waals surface area (Å²) in [6.07, 6.45) is 8.58. The van der Waals surface area contributed by atoms with Crippen LogP contribution in [0, 0.1) is 5.41 Å². The molecule has 1 unspecified atom stereocenters. The summed E-state index contributed by atoms with van der Waals surface area (Å²) in [4.78, 5) is 0. The molecule has 0 spiro atoms. The number of rotatable bonds is 7. The molecule has 3 nitrogen and oxygen atoms in total. The molecule has 0 aromatic heterocycles. The molecule has 2 rings (SSSR count).